The summed E-state index contributed by atoms with van der Waals surface area (Å²) >= 11 is 3.39. The Morgan fingerprint density at radius 3 is 2.73 bits per heavy atom. The quantitative estimate of drug-likeness (QED) is 0.829. The van der Waals surface area contributed by atoms with E-state index in [1.807, 2.05) is 18.2 Å². The zero-order chi connectivity index (χ0) is 16.3. The number of carboxylic acids is 1. The lowest BCUT2D eigenvalue weighted by molar-refractivity contribution is -0.142. The third-order valence-corrected chi connectivity index (χ3v) is 4.33. The van der Waals surface area contributed by atoms with Crippen molar-refractivity contribution in [2.45, 2.75) is 25.8 Å². The molecular weight excluding hydrogens is 352 g/mol. The first-order chi connectivity index (χ1) is 10.4. The van der Waals surface area contributed by atoms with E-state index in [1.165, 1.54) is 0 Å². The van der Waals surface area contributed by atoms with E-state index in [0.717, 1.165) is 4.47 Å². The van der Waals surface area contributed by atoms with Gasteiger partial charge >= 0.3 is 5.97 Å². The predicted molar refractivity (Wildman–Crippen MR) is 84.5 cm³/mol. The van der Waals surface area contributed by atoms with Crippen LogP contribution in [0.25, 0.3) is 0 Å². The molecule has 0 spiro atoms. The van der Waals surface area contributed by atoms with Crippen molar-refractivity contribution in [1.82, 2.24) is 5.32 Å². The first kappa shape index (κ1) is 16.5. The smallest absolute Gasteiger partial charge is 0.326 e. The minimum Gasteiger partial charge on any atom is -0.480 e. The molecule has 1 aromatic rings. The van der Waals surface area contributed by atoms with Crippen LogP contribution in [0.4, 0.5) is 5.69 Å². The van der Waals surface area contributed by atoms with E-state index in [2.05, 4.69) is 21.2 Å². The molecule has 1 aromatic carbocycles. The Morgan fingerprint density at radius 1 is 1.45 bits per heavy atom. The Morgan fingerprint density at radius 2 is 2.14 bits per heavy atom. The Hall–Kier alpha value is -1.89. The summed E-state index contributed by atoms with van der Waals surface area (Å²) in [6.07, 6.45) is 0.388. The molecule has 1 heterocycles. The molecule has 0 radical (unpaired) electrons. The van der Waals surface area contributed by atoms with Crippen LogP contribution in [0.2, 0.25) is 0 Å². The van der Waals surface area contributed by atoms with E-state index in [1.54, 1.807) is 17.9 Å². The van der Waals surface area contributed by atoms with Gasteiger partial charge in [-0.2, -0.15) is 0 Å². The van der Waals surface area contributed by atoms with E-state index in [4.69, 9.17) is 5.11 Å². The number of amides is 2. The highest BCUT2D eigenvalue weighted by Gasteiger charge is 2.36. The summed E-state index contributed by atoms with van der Waals surface area (Å²) in [5, 5.41) is 11.5. The van der Waals surface area contributed by atoms with Crippen LogP contribution < -0.4 is 10.2 Å². The number of carbonyl (C=O) groups excluding carboxylic acids is 2. The molecule has 0 bridgehead atoms. The van der Waals surface area contributed by atoms with Crippen LogP contribution in [-0.4, -0.2) is 35.5 Å². The van der Waals surface area contributed by atoms with Crippen molar-refractivity contribution >= 4 is 39.4 Å². The van der Waals surface area contributed by atoms with Crippen molar-refractivity contribution in [3.05, 3.63) is 28.7 Å². The fourth-order valence-corrected chi connectivity index (χ4v) is 2.91. The second-order valence-corrected chi connectivity index (χ2v) is 6.02. The van der Waals surface area contributed by atoms with Gasteiger partial charge < -0.3 is 15.3 Å². The lowest BCUT2D eigenvalue weighted by Crippen LogP contribution is -2.43. The number of nitrogens with zero attached hydrogens (tertiary/aromatic N) is 1. The van der Waals surface area contributed by atoms with E-state index >= 15 is 0 Å². The van der Waals surface area contributed by atoms with Crippen LogP contribution in [-0.2, 0) is 14.4 Å². The molecule has 118 valence electrons. The number of carboxylic acid groups (broad SMARTS) is 1. The van der Waals surface area contributed by atoms with Crippen LogP contribution in [0.5, 0.6) is 0 Å². The number of halogens is 1. The minimum atomic E-state index is -1.07. The van der Waals surface area contributed by atoms with E-state index < -0.39 is 23.8 Å². The molecule has 6 nitrogen and oxygen atoms in total. The molecule has 1 fully saturated rings. The Balaban J connectivity index is 2.08. The van der Waals surface area contributed by atoms with Crippen molar-refractivity contribution < 1.29 is 19.5 Å². The van der Waals surface area contributed by atoms with Gasteiger partial charge in [0.1, 0.15) is 6.04 Å². The molecule has 2 amide bonds. The van der Waals surface area contributed by atoms with Crippen molar-refractivity contribution in [2.75, 3.05) is 11.4 Å². The number of carbonyl (C=O) groups is 3. The number of hydrogen-bond donors (Lipinski definition) is 2. The summed E-state index contributed by atoms with van der Waals surface area (Å²) in [5.74, 6) is -2.14. The van der Waals surface area contributed by atoms with Gasteiger partial charge in [0.15, 0.2) is 0 Å². The first-order valence-electron chi connectivity index (χ1n) is 7.02. The summed E-state index contributed by atoms with van der Waals surface area (Å²) in [4.78, 5) is 36.8. The monoisotopic (exact) mass is 368 g/mol. The van der Waals surface area contributed by atoms with Crippen molar-refractivity contribution in [3.63, 3.8) is 0 Å². The summed E-state index contributed by atoms with van der Waals surface area (Å²) in [6.45, 7) is 1.94. The molecule has 0 aromatic heterocycles. The molecular formula is C15H17BrN2O4. The number of rotatable bonds is 5. The second-order valence-electron chi connectivity index (χ2n) is 5.16. The number of para-hydroxylation sites is 1. The number of nitrogens with one attached hydrogen (secondary N) is 1. The van der Waals surface area contributed by atoms with Crippen molar-refractivity contribution in [2.24, 2.45) is 5.92 Å². The molecule has 1 aliphatic rings. The standard InChI is InChI=1S/C15H17BrN2O4/c1-2-11(15(21)22)17-14(20)9-7-13(19)18(8-9)12-6-4-3-5-10(12)16/h3-6,9,11H,2,7-8H2,1H3,(H,17,20)(H,21,22). The van der Waals surface area contributed by atoms with E-state index in [-0.39, 0.29) is 18.9 Å². The van der Waals surface area contributed by atoms with Gasteiger partial charge in [-0.05, 0) is 34.5 Å². The third-order valence-electron chi connectivity index (χ3n) is 3.66. The highest BCUT2D eigenvalue weighted by atomic mass is 79.9. The van der Waals surface area contributed by atoms with Gasteiger partial charge in [-0.3, -0.25) is 9.59 Å². The topological polar surface area (TPSA) is 86.7 Å². The summed E-state index contributed by atoms with van der Waals surface area (Å²) in [5.41, 5.74) is 0.716. The van der Waals surface area contributed by atoms with Gasteiger partial charge in [0, 0.05) is 17.4 Å². The van der Waals surface area contributed by atoms with Gasteiger partial charge in [-0.25, -0.2) is 4.79 Å². The predicted octanol–water partition coefficient (Wildman–Crippen LogP) is 1.78. The maximum absolute atomic E-state index is 12.2. The van der Waals surface area contributed by atoms with Crippen LogP contribution >= 0.6 is 15.9 Å². The molecule has 2 rings (SSSR count). The summed E-state index contributed by atoms with van der Waals surface area (Å²) in [6, 6.07) is 6.37. The van der Waals surface area contributed by atoms with Crippen molar-refractivity contribution in [3.8, 4) is 0 Å². The Bertz CT molecular complexity index is 605. The second kappa shape index (κ2) is 6.91. The lowest BCUT2D eigenvalue weighted by atomic mass is 10.1. The number of anilines is 1. The van der Waals surface area contributed by atoms with Crippen LogP contribution in [0.3, 0.4) is 0 Å². The third kappa shape index (κ3) is 3.47. The number of aliphatic carboxylic acids is 1. The van der Waals surface area contributed by atoms with Crippen LogP contribution in [0.1, 0.15) is 19.8 Å². The molecule has 22 heavy (non-hydrogen) atoms. The number of hydrogen-bond acceptors (Lipinski definition) is 3. The lowest BCUT2D eigenvalue weighted by Gasteiger charge is -2.19. The Kier molecular flexibility index (Phi) is 5.18. The van der Waals surface area contributed by atoms with E-state index in [9.17, 15) is 14.4 Å². The van der Waals surface area contributed by atoms with Gasteiger partial charge in [0.05, 0.1) is 11.6 Å². The Labute approximate surface area is 136 Å². The molecule has 2 unspecified atom stereocenters. The minimum absolute atomic E-state index is 0.0865. The first-order valence-corrected chi connectivity index (χ1v) is 7.81. The molecule has 2 N–H and O–H groups in total. The molecule has 0 aliphatic carbocycles. The maximum atomic E-state index is 12.2. The normalized spacial score (nSPS) is 19.1. The number of benzene rings is 1. The largest absolute Gasteiger partial charge is 0.480 e. The molecule has 7 heteroatoms. The average Bonchev–Trinajstić information content (AvgIpc) is 2.86. The SMILES string of the molecule is CCC(NC(=O)C1CC(=O)N(c2ccccc2Br)C1)C(=O)O. The molecule has 1 saturated heterocycles. The van der Waals surface area contributed by atoms with E-state index in [0.29, 0.717) is 12.1 Å². The fraction of sp³-hybridized carbons (Fsp3) is 0.400. The van der Waals surface area contributed by atoms with Crippen molar-refractivity contribution in [1.29, 1.82) is 0 Å². The fourth-order valence-electron chi connectivity index (χ4n) is 2.41. The molecule has 0 saturated carbocycles. The van der Waals surface area contributed by atoms with Crippen LogP contribution in [0, 0.1) is 5.92 Å². The molecule has 2 atom stereocenters. The zero-order valence-electron chi connectivity index (χ0n) is 12.1. The van der Waals surface area contributed by atoms with Gasteiger partial charge in [0.25, 0.3) is 0 Å². The highest BCUT2D eigenvalue weighted by Crippen LogP contribution is 2.31. The maximum Gasteiger partial charge on any atom is 0.326 e. The summed E-state index contributed by atoms with van der Waals surface area (Å²) in [7, 11) is 0. The highest BCUT2D eigenvalue weighted by molar-refractivity contribution is 9.10. The zero-order valence-corrected chi connectivity index (χ0v) is 13.7. The summed E-state index contributed by atoms with van der Waals surface area (Å²) < 4.78 is 0.779. The van der Waals surface area contributed by atoms with Gasteiger partial charge in [-0.1, -0.05) is 19.1 Å². The van der Waals surface area contributed by atoms with Crippen LogP contribution in [0.15, 0.2) is 28.7 Å². The molecule has 1 aliphatic heterocycles. The van der Waals surface area contributed by atoms with Gasteiger partial charge in [-0.15, -0.1) is 0 Å². The van der Waals surface area contributed by atoms with Gasteiger partial charge in [0.2, 0.25) is 11.8 Å². The average molecular weight is 369 g/mol.